The van der Waals surface area contributed by atoms with E-state index in [9.17, 15) is 4.79 Å². The number of hydrogen-bond donors (Lipinski definition) is 1. The first kappa shape index (κ1) is 16.1. The van der Waals surface area contributed by atoms with Gasteiger partial charge < -0.3 is 19.7 Å². The third-order valence-corrected chi connectivity index (χ3v) is 4.08. The molecule has 0 saturated carbocycles. The molecule has 1 saturated heterocycles. The lowest BCUT2D eigenvalue weighted by Gasteiger charge is -2.16. The number of pyridine rings is 1. The highest BCUT2D eigenvalue weighted by atomic mass is 16.5. The second-order valence-corrected chi connectivity index (χ2v) is 5.59. The average Bonchev–Trinajstić information content (AvgIpc) is 3.16. The topological polar surface area (TPSA) is 63.7 Å². The van der Waals surface area contributed by atoms with E-state index in [1.165, 1.54) is 20.0 Å². The van der Waals surface area contributed by atoms with Gasteiger partial charge >= 0.3 is 0 Å². The van der Waals surface area contributed by atoms with E-state index in [4.69, 9.17) is 9.47 Å². The first-order valence-corrected chi connectivity index (χ1v) is 7.96. The molecule has 2 heterocycles. The van der Waals surface area contributed by atoms with Crippen LogP contribution in [0.15, 0.2) is 36.5 Å². The van der Waals surface area contributed by atoms with Crippen LogP contribution in [0.4, 0.5) is 11.5 Å². The van der Waals surface area contributed by atoms with Gasteiger partial charge in [-0.25, -0.2) is 4.98 Å². The maximum atomic E-state index is 12.5. The molecule has 0 bridgehead atoms. The van der Waals surface area contributed by atoms with Gasteiger partial charge in [-0.1, -0.05) is 6.07 Å². The Bertz CT molecular complexity index is 710. The van der Waals surface area contributed by atoms with E-state index in [1.54, 1.807) is 31.5 Å². The third kappa shape index (κ3) is 3.27. The molecular formula is C18H21N3O3. The molecule has 0 unspecified atom stereocenters. The van der Waals surface area contributed by atoms with Gasteiger partial charge in [-0.05, 0) is 37.1 Å². The number of nitrogens with one attached hydrogen (secondary N) is 1. The molecule has 24 heavy (non-hydrogen) atoms. The van der Waals surface area contributed by atoms with Crippen LogP contribution in [0.3, 0.4) is 0 Å². The first-order chi connectivity index (χ1) is 11.7. The standard InChI is InChI=1S/C18H21N3O3/c1-23-15-7-5-6-14(17(15)24-2)18(22)20-13-8-9-16(19-12-13)21-10-3-4-11-21/h5-9,12H,3-4,10-11H2,1-2H3,(H,20,22). The fraction of sp³-hybridized carbons (Fsp3) is 0.333. The summed E-state index contributed by atoms with van der Waals surface area (Å²) in [6.07, 6.45) is 4.09. The summed E-state index contributed by atoms with van der Waals surface area (Å²) in [6.45, 7) is 2.08. The minimum absolute atomic E-state index is 0.263. The van der Waals surface area contributed by atoms with E-state index in [1.807, 2.05) is 12.1 Å². The van der Waals surface area contributed by atoms with Crippen molar-refractivity contribution < 1.29 is 14.3 Å². The van der Waals surface area contributed by atoms with Crippen molar-refractivity contribution in [2.45, 2.75) is 12.8 Å². The molecule has 126 valence electrons. The van der Waals surface area contributed by atoms with Gasteiger partial charge in [-0.3, -0.25) is 4.79 Å². The highest BCUT2D eigenvalue weighted by molar-refractivity contribution is 6.06. The molecule has 0 radical (unpaired) electrons. The van der Waals surface area contributed by atoms with Crippen LogP contribution in [0.25, 0.3) is 0 Å². The van der Waals surface area contributed by atoms with Gasteiger partial charge in [0.05, 0.1) is 31.7 Å². The van der Waals surface area contributed by atoms with Crippen LogP contribution >= 0.6 is 0 Å². The number of nitrogens with zero attached hydrogens (tertiary/aromatic N) is 2. The van der Waals surface area contributed by atoms with Crippen LogP contribution in [-0.4, -0.2) is 38.2 Å². The van der Waals surface area contributed by atoms with Gasteiger partial charge in [0.2, 0.25) is 0 Å². The van der Waals surface area contributed by atoms with Gasteiger partial charge in [-0.2, -0.15) is 0 Å². The number of aromatic nitrogens is 1. The minimum atomic E-state index is -0.263. The molecule has 1 fully saturated rings. The zero-order valence-corrected chi connectivity index (χ0v) is 13.9. The van der Waals surface area contributed by atoms with Crippen LogP contribution in [0.1, 0.15) is 23.2 Å². The minimum Gasteiger partial charge on any atom is -0.493 e. The maximum absolute atomic E-state index is 12.5. The zero-order chi connectivity index (χ0) is 16.9. The highest BCUT2D eigenvalue weighted by Gasteiger charge is 2.17. The summed E-state index contributed by atoms with van der Waals surface area (Å²) in [5.74, 6) is 1.62. The van der Waals surface area contributed by atoms with E-state index in [0.717, 1.165) is 18.9 Å². The van der Waals surface area contributed by atoms with Crippen molar-refractivity contribution in [3.05, 3.63) is 42.1 Å². The van der Waals surface area contributed by atoms with Crippen molar-refractivity contribution >= 4 is 17.4 Å². The summed E-state index contributed by atoms with van der Waals surface area (Å²) >= 11 is 0. The number of carbonyl (C=O) groups is 1. The van der Waals surface area contributed by atoms with Gasteiger partial charge in [0.1, 0.15) is 5.82 Å². The molecule has 1 aromatic heterocycles. The van der Waals surface area contributed by atoms with Crippen molar-refractivity contribution in [3.63, 3.8) is 0 Å². The molecule has 3 rings (SSSR count). The Morgan fingerprint density at radius 3 is 2.54 bits per heavy atom. The van der Waals surface area contributed by atoms with E-state index in [2.05, 4.69) is 15.2 Å². The van der Waals surface area contributed by atoms with Crippen LogP contribution in [0.5, 0.6) is 11.5 Å². The Kier molecular flexibility index (Phi) is 4.84. The number of ether oxygens (including phenoxy) is 2. The second kappa shape index (κ2) is 7.21. The molecule has 1 N–H and O–H groups in total. The molecule has 0 atom stereocenters. The van der Waals surface area contributed by atoms with E-state index in [-0.39, 0.29) is 5.91 Å². The van der Waals surface area contributed by atoms with Crippen LogP contribution in [0.2, 0.25) is 0 Å². The summed E-state index contributed by atoms with van der Waals surface area (Å²) in [5.41, 5.74) is 1.06. The van der Waals surface area contributed by atoms with Crippen molar-refractivity contribution in [1.29, 1.82) is 0 Å². The number of anilines is 2. The van der Waals surface area contributed by atoms with Crippen molar-refractivity contribution in [1.82, 2.24) is 4.98 Å². The lowest BCUT2D eigenvalue weighted by Crippen LogP contribution is -2.19. The SMILES string of the molecule is COc1cccc(C(=O)Nc2ccc(N3CCCC3)nc2)c1OC. The predicted octanol–water partition coefficient (Wildman–Crippen LogP) is 2.95. The molecule has 1 amide bonds. The third-order valence-electron chi connectivity index (χ3n) is 4.08. The number of amides is 1. The number of para-hydroxylation sites is 1. The molecule has 1 aromatic carbocycles. The number of benzene rings is 1. The predicted molar refractivity (Wildman–Crippen MR) is 93.2 cm³/mol. The normalized spacial score (nSPS) is 13.7. The van der Waals surface area contributed by atoms with E-state index in [0.29, 0.717) is 22.7 Å². The molecule has 2 aromatic rings. The molecule has 0 aliphatic carbocycles. The average molecular weight is 327 g/mol. The zero-order valence-electron chi connectivity index (χ0n) is 13.9. The molecule has 1 aliphatic rings. The summed E-state index contributed by atoms with van der Waals surface area (Å²) in [5, 5.41) is 2.85. The van der Waals surface area contributed by atoms with Gasteiger partial charge in [-0.15, -0.1) is 0 Å². The number of carbonyl (C=O) groups excluding carboxylic acids is 1. The largest absolute Gasteiger partial charge is 0.493 e. The first-order valence-electron chi connectivity index (χ1n) is 7.96. The molecule has 1 aliphatic heterocycles. The Morgan fingerprint density at radius 1 is 1.12 bits per heavy atom. The summed E-state index contributed by atoms with van der Waals surface area (Å²) in [4.78, 5) is 19.2. The van der Waals surface area contributed by atoms with Gasteiger partial charge in [0.15, 0.2) is 11.5 Å². The number of methoxy groups -OCH3 is 2. The lowest BCUT2D eigenvalue weighted by atomic mass is 10.1. The molecule has 6 heteroatoms. The number of hydrogen-bond acceptors (Lipinski definition) is 5. The van der Waals surface area contributed by atoms with Crippen LogP contribution in [0, 0.1) is 0 Å². The summed E-state index contributed by atoms with van der Waals surface area (Å²) < 4.78 is 10.5. The Morgan fingerprint density at radius 2 is 1.92 bits per heavy atom. The van der Waals surface area contributed by atoms with Gasteiger partial charge in [0.25, 0.3) is 5.91 Å². The molecule has 0 spiro atoms. The smallest absolute Gasteiger partial charge is 0.259 e. The summed E-state index contributed by atoms with van der Waals surface area (Å²) in [7, 11) is 3.06. The van der Waals surface area contributed by atoms with E-state index < -0.39 is 0 Å². The Balaban J connectivity index is 1.75. The Labute approximate surface area is 141 Å². The Hall–Kier alpha value is -2.76. The molecular weight excluding hydrogens is 306 g/mol. The monoisotopic (exact) mass is 327 g/mol. The molecule has 6 nitrogen and oxygen atoms in total. The van der Waals surface area contributed by atoms with Crippen molar-refractivity contribution in [2.75, 3.05) is 37.5 Å². The van der Waals surface area contributed by atoms with Gasteiger partial charge in [0, 0.05) is 13.1 Å². The fourth-order valence-corrected chi connectivity index (χ4v) is 2.86. The highest BCUT2D eigenvalue weighted by Crippen LogP contribution is 2.31. The van der Waals surface area contributed by atoms with E-state index >= 15 is 0 Å². The summed E-state index contributed by atoms with van der Waals surface area (Å²) in [6, 6.07) is 9.00. The van der Waals surface area contributed by atoms with Crippen molar-refractivity contribution in [2.24, 2.45) is 0 Å². The van der Waals surface area contributed by atoms with Crippen LogP contribution in [-0.2, 0) is 0 Å². The quantitative estimate of drug-likeness (QED) is 0.915. The maximum Gasteiger partial charge on any atom is 0.259 e. The fourth-order valence-electron chi connectivity index (χ4n) is 2.86. The number of rotatable bonds is 5. The van der Waals surface area contributed by atoms with Crippen molar-refractivity contribution in [3.8, 4) is 11.5 Å². The lowest BCUT2D eigenvalue weighted by molar-refractivity contribution is 0.102. The van der Waals surface area contributed by atoms with Crippen LogP contribution < -0.4 is 19.7 Å². The second-order valence-electron chi connectivity index (χ2n) is 5.59.